The van der Waals surface area contributed by atoms with Crippen LogP contribution in [0.3, 0.4) is 0 Å². The highest BCUT2D eigenvalue weighted by molar-refractivity contribution is 8.05. The summed E-state index contributed by atoms with van der Waals surface area (Å²) in [7, 11) is -19.5. The van der Waals surface area contributed by atoms with Gasteiger partial charge in [-0.15, -0.1) is 15.9 Å². The average Bonchev–Trinajstić information content (AvgIpc) is 2.85. The normalized spacial score (nSPS) is 15.5. The molecule has 0 fully saturated rings. The molecule has 2 aromatic rings. The first-order chi connectivity index (χ1) is 18.4. The smallest absolute Gasteiger partial charge is 0.384 e. The van der Waals surface area contributed by atoms with Crippen molar-refractivity contribution in [3.8, 4) is 5.75 Å². The van der Waals surface area contributed by atoms with E-state index in [1.54, 1.807) is 13.8 Å². The number of halogens is 6. The van der Waals surface area contributed by atoms with Gasteiger partial charge < -0.3 is 9.29 Å². The van der Waals surface area contributed by atoms with Crippen LogP contribution in [0.5, 0.6) is 5.75 Å². The number of benzene rings is 2. The molecule has 2 N–H and O–H groups in total. The van der Waals surface area contributed by atoms with Gasteiger partial charge in [0, 0.05) is 22.0 Å². The Morgan fingerprint density at radius 3 is 2.00 bits per heavy atom. The summed E-state index contributed by atoms with van der Waals surface area (Å²) in [4.78, 5) is 12.4. The van der Waals surface area contributed by atoms with Crippen LogP contribution in [-0.4, -0.2) is 70.7 Å². The first kappa shape index (κ1) is 35.1. The Morgan fingerprint density at radius 1 is 0.951 bits per heavy atom. The lowest BCUT2D eigenvalue weighted by Gasteiger charge is -2.31. The second kappa shape index (κ2) is 11.9. The van der Waals surface area contributed by atoms with Gasteiger partial charge in [-0.05, 0) is 23.9 Å². The molecule has 0 spiro atoms. The van der Waals surface area contributed by atoms with Crippen molar-refractivity contribution in [1.29, 1.82) is 0 Å². The number of sulfonamides is 2. The van der Waals surface area contributed by atoms with E-state index in [-0.39, 0.29) is 31.8 Å². The molecule has 0 aromatic heterocycles. The fourth-order valence-electron chi connectivity index (χ4n) is 3.14. The first-order valence-corrected chi connectivity index (χ1v) is 16.9. The van der Waals surface area contributed by atoms with E-state index in [1.807, 2.05) is 0 Å². The molecule has 0 saturated heterocycles. The summed E-state index contributed by atoms with van der Waals surface area (Å²) in [6.07, 6.45) is -1.01. The van der Waals surface area contributed by atoms with Gasteiger partial charge in [-0.1, -0.05) is 38.1 Å². The molecule has 2 unspecified atom stereocenters. The van der Waals surface area contributed by atoms with Gasteiger partial charge in [-0.25, -0.2) is 16.8 Å². The number of rotatable bonds is 14. The molecule has 41 heavy (non-hydrogen) atoms. The third-order valence-electron chi connectivity index (χ3n) is 5.51. The lowest BCUT2D eigenvalue weighted by atomic mass is 10.0. The minimum Gasteiger partial charge on any atom is -0.384 e. The van der Waals surface area contributed by atoms with Crippen molar-refractivity contribution in [2.45, 2.75) is 47.7 Å². The summed E-state index contributed by atoms with van der Waals surface area (Å²) in [5, 5.41) is -4.00. The lowest BCUT2D eigenvalue weighted by Crippen LogP contribution is -2.63. The SMILES string of the molecule is CCC(C)C(=O)C(O)CSc1ccc(OS(=O)(=O)C(F)(F)C(F)(F)C(F)(F)S(=O)(=O)NS(C)(=O)=O)c2ccccc12. The van der Waals surface area contributed by atoms with Crippen LogP contribution >= 0.6 is 11.8 Å². The van der Waals surface area contributed by atoms with Crippen LogP contribution in [0.1, 0.15) is 20.3 Å². The Labute approximate surface area is 235 Å². The number of thioether (sulfide) groups is 1. The lowest BCUT2D eigenvalue weighted by molar-refractivity contribution is -0.245. The van der Waals surface area contributed by atoms with Crippen LogP contribution in [-0.2, 0) is 35.0 Å². The molecular formula is C21H23F6NO9S4. The molecule has 0 saturated carbocycles. The summed E-state index contributed by atoms with van der Waals surface area (Å²) in [6, 6.07) is 6.82. The second-order valence-electron chi connectivity index (χ2n) is 8.65. The molecule has 0 heterocycles. The maximum Gasteiger partial charge on any atom is 0.450 e. The van der Waals surface area contributed by atoms with E-state index in [0.717, 1.165) is 23.9 Å². The summed E-state index contributed by atoms with van der Waals surface area (Å²) in [5.74, 6) is -9.38. The molecule has 0 bridgehead atoms. The van der Waals surface area contributed by atoms with Crippen LogP contribution in [0.4, 0.5) is 26.3 Å². The van der Waals surface area contributed by atoms with Crippen molar-refractivity contribution in [1.82, 2.24) is 4.13 Å². The molecule has 20 heteroatoms. The number of carbonyl (C=O) groups is 1. The van der Waals surface area contributed by atoms with Gasteiger partial charge in [0.05, 0.1) is 6.26 Å². The minimum absolute atomic E-state index is 0.0614. The van der Waals surface area contributed by atoms with E-state index < -0.39 is 70.2 Å². The van der Waals surface area contributed by atoms with E-state index in [0.29, 0.717) is 12.5 Å². The maximum atomic E-state index is 14.5. The quantitative estimate of drug-likeness (QED) is 0.173. The van der Waals surface area contributed by atoms with Crippen molar-refractivity contribution >= 4 is 58.5 Å². The van der Waals surface area contributed by atoms with Gasteiger partial charge in [0.1, 0.15) is 6.10 Å². The van der Waals surface area contributed by atoms with Crippen molar-refractivity contribution in [2.24, 2.45) is 5.92 Å². The molecule has 0 aliphatic carbocycles. The Balaban J connectivity index is 2.48. The Kier molecular flexibility index (Phi) is 10.1. The monoisotopic (exact) mass is 675 g/mol. The van der Waals surface area contributed by atoms with Crippen LogP contribution in [0.25, 0.3) is 10.8 Å². The van der Waals surface area contributed by atoms with E-state index in [2.05, 4.69) is 4.18 Å². The molecule has 2 atom stereocenters. The van der Waals surface area contributed by atoms with Gasteiger partial charge in [0.25, 0.3) is 10.0 Å². The summed E-state index contributed by atoms with van der Waals surface area (Å²) in [5.41, 5.74) is 0. The number of ketones is 1. The molecule has 0 amide bonds. The van der Waals surface area contributed by atoms with Crippen molar-refractivity contribution in [2.75, 3.05) is 12.0 Å². The van der Waals surface area contributed by atoms with E-state index in [4.69, 9.17) is 0 Å². The number of carbonyl (C=O) groups excluding carboxylic acids is 1. The summed E-state index contributed by atoms with van der Waals surface area (Å²) >= 11 is 0.895. The number of fused-ring (bicyclic) bond motifs is 1. The maximum absolute atomic E-state index is 14.5. The fourth-order valence-corrected chi connectivity index (χ4v) is 7.61. The Bertz CT molecular complexity index is 1630. The first-order valence-electron chi connectivity index (χ1n) is 11.1. The van der Waals surface area contributed by atoms with E-state index in [1.165, 1.54) is 18.2 Å². The van der Waals surface area contributed by atoms with E-state index in [9.17, 15) is 61.5 Å². The highest BCUT2D eigenvalue weighted by atomic mass is 32.3. The largest absolute Gasteiger partial charge is 0.450 e. The van der Waals surface area contributed by atoms with Gasteiger partial charge in [0.2, 0.25) is 10.0 Å². The zero-order valence-corrected chi connectivity index (χ0v) is 24.4. The Morgan fingerprint density at radius 2 is 1.49 bits per heavy atom. The van der Waals surface area contributed by atoms with Crippen molar-refractivity contribution in [3.05, 3.63) is 36.4 Å². The van der Waals surface area contributed by atoms with Crippen LogP contribution in [0.2, 0.25) is 0 Å². The molecule has 232 valence electrons. The zero-order chi connectivity index (χ0) is 31.8. The number of nitrogens with one attached hydrogen (secondary N) is 1. The average molecular weight is 676 g/mol. The van der Waals surface area contributed by atoms with Gasteiger partial charge in [-0.2, -0.15) is 34.8 Å². The van der Waals surface area contributed by atoms with Gasteiger partial charge >= 0.3 is 26.5 Å². The molecular weight excluding hydrogens is 652 g/mol. The number of Topliss-reactive ketones (excluding diaryl/α,β-unsaturated/α-hetero) is 1. The predicted molar refractivity (Wildman–Crippen MR) is 136 cm³/mol. The molecule has 10 nitrogen and oxygen atoms in total. The predicted octanol–water partition coefficient (Wildman–Crippen LogP) is 3.32. The highest BCUT2D eigenvalue weighted by Crippen LogP contribution is 2.51. The van der Waals surface area contributed by atoms with Crippen LogP contribution in [0.15, 0.2) is 41.3 Å². The number of hydrogen-bond donors (Lipinski definition) is 2. The van der Waals surface area contributed by atoms with Gasteiger partial charge in [-0.3, -0.25) is 4.79 Å². The van der Waals surface area contributed by atoms with Crippen molar-refractivity contribution < 1.29 is 65.7 Å². The number of aliphatic hydroxyl groups excluding tert-OH is 1. The summed E-state index contributed by atoms with van der Waals surface area (Å²) in [6.45, 7) is 3.33. The van der Waals surface area contributed by atoms with Crippen LogP contribution < -0.4 is 8.31 Å². The third-order valence-corrected chi connectivity index (χ3v) is 11.0. The molecule has 2 aromatic carbocycles. The topological polar surface area (TPSA) is 161 Å². The number of hydrogen-bond acceptors (Lipinski definition) is 10. The number of alkyl halides is 6. The highest BCUT2D eigenvalue weighted by Gasteiger charge is 2.83. The van der Waals surface area contributed by atoms with E-state index >= 15 is 0 Å². The van der Waals surface area contributed by atoms with Gasteiger partial charge in [0.15, 0.2) is 11.5 Å². The third kappa shape index (κ3) is 6.93. The zero-order valence-electron chi connectivity index (χ0n) is 21.1. The van der Waals surface area contributed by atoms with Crippen molar-refractivity contribution in [3.63, 3.8) is 0 Å². The molecule has 0 aliphatic heterocycles. The molecule has 2 rings (SSSR count). The summed E-state index contributed by atoms with van der Waals surface area (Å²) < 4.78 is 160. The van der Waals surface area contributed by atoms with Crippen LogP contribution in [0, 0.1) is 5.92 Å². The number of aliphatic hydroxyl groups is 1. The Hall–Kier alpha value is -2.13. The second-order valence-corrected chi connectivity index (χ2v) is 15.0. The molecule has 0 aliphatic rings. The minimum atomic E-state index is -7.25. The molecule has 0 radical (unpaired) electrons. The standard InChI is InChI=1S/C21H23F6NO9S4/c1-4-12(2)18(30)15(29)11-38-17-10-9-16(13-7-5-6-8-14(13)17)37-41(35,36)21(26,27)19(22,23)20(24,25)40(33,34)28-39(3,31)32/h5-10,12,15,28-29H,4,11H2,1-3H3. The fraction of sp³-hybridized carbons (Fsp3) is 0.476.